The number of amides is 1. The molecule has 25 heavy (non-hydrogen) atoms. The minimum atomic E-state index is -0.0709. The molecular weight excluding hydrogens is 316 g/mol. The number of likely N-dealkylation sites (tertiary alicyclic amines) is 1. The number of methoxy groups -OCH3 is 1. The summed E-state index contributed by atoms with van der Waals surface area (Å²) in [7, 11) is 1.71. The molecule has 1 fully saturated rings. The number of nitrogens with zero attached hydrogens (tertiary/aromatic N) is 2. The number of benzene rings is 1. The highest BCUT2D eigenvalue weighted by Crippen LogP contribution is 2.16. The van der Waals surface area contributed by atoms with Crippen molar-refractivity contribution in [1.29, 1.82) is 0 Å². The van der Waals surface area contributed by atoms with Crippen LogP contribution in [0.1, 0.15) is 38.4 Å². The van der Waals surface area contributed by atoms with Crippen LogP contribution >= 0.6 is 0 Å². The zero-order valence-corrected chi connectivity index (χ0v) is 15.5. The minimum absolute atomic E-state index is 0.0709. The van der Waals surface area contributed by atoms with Crippen molar-refractivity contribution in [2.45, 2.75) is 38.8 Å². The first-order chi connectivity index (χ1) is 12.2. The molecule has 0 bridgehead atoms. The molecule has 2 rings (SSSR count). The van der Waals surface area contributed by atoms with Crippen molar-refractivity contribution in [3.05, 3.63) is 35.9 Å². The van der Waals surface area contributed by atoms with Crippen molar-refractivity contribution < 1.29 is 9.53 Å². The Morgan fingerprint density at radius 2 is 2.12 bits per heavy atom. The number of hydrogen-bond acceptors (Lipinski definition) is 3. The Labute approximate surface area is 150 Å². The van der Waals surface area contributed by atoms with E-state index in [1.807, 2.05) is 36.9 Å². The van der Waals surface area contributed by atoms with Gasteiger partial charge in [-0.2, -0.15) is 0 Å². The van der Waals surface area contributed by atoms with E-state index in [1.165, 1.54) is 0 Å². The van der Waals surface area contributed by atoms with E-state index in [-0.39, 0.29) is 18.1 Å². The number of carbonyl (C=O) groups excluding carboxylic acids is 1. The molecule has 0 spiro atoms. The molecule has 0 saturated carbocycles. The summed E-state index contributed by atoms with van der Waals surface area (Å²) in [6.07, 6.45) is 1.44. The highest BCUT2D eigenvalue weighted by atomic mass is 16.5. The third-order valence-corrected chi connectivity index (χ3v) is 4.40. The van der Waals surface area contributed by atoms with E-state index >= 15 is 0 Å². The van der Waals surface area contributed by atoms with Gasteiger partial charge in [0.25, 0.3) is 0 Å². The zero-order chi connectivity index (χ0) is 18.1. The molecule has 1 heterocycles. The van der Waals surface area contributed by atoms with Crippen molar-refractivity contribution in [2.75, 3.05) is 33.3 Å². The zero-order valence-electron chi connectivity index (χ0n) is 15.5. The largest absolute Gasteiger partial charge is 0.375 e. The Morgan fingerprint density at radius 1 is 1.36 bits per heavy atom. The summed E-state index contributed by atoms with van der Waals surface area (Å²) < 4.78 is 5.58. The third-order valence-electron chi connectivity index (χ3n) is 4.40. The lowest BCUT2D eigenvalue weighted by atomic mass is 10.1. The fraction of sp³-hybridized carbons (Fsp3) is 0.579. The van der Waals surface area contributed by atoms with Crippen LogP contribution in [-0.4, -0.2) is 56.1 Å². The number of guanidine groups is 1. The van der Waals surface area contributed by atoms with Gasteiger partial charge in [0.2, 0.25) is 5.91 Å². The van der Waals surface area contributed by atoms with Crippen LogP contribution in [0.15, 0.2) is 35.3 Å². The van der Waals surface area contributed by atoms with Gasteiger partial charge in [0, 0.05) is 39.2 Å². The summed E-state index contributed by atoms with van der Waals surface area (Å²) in [6.45, 7) is 6.84. The molecule has 2 atom stereocenters. The molecule has 1 aromatic carbocycles. The quantitative estimate of drug-likeness (QED) is 0.585. The summed E-state index contributed by atoms with van der Waals surface area (Å²) in [5.41, 5.74) is 1.12. The standard InChI is InChI=1S/C19H30N4O2/c1-4-18(24)23-12-11-16(14-23)22-19(20-5-2)21-13-17(25-3)15-9-7-6-8-10-15/h6-10,16-17H,4-5,11-14H2,1-3H3,(H2,20,21,22). The molecule has 6 nitrogen and oxygen atoms in total. The van der Waals surface area contributed by atoms with E-state index < -0.39 is 0 Å². The maximum absolute atomic E-state index is 11.8. The maximum Gasteiger partial charge on any atom is 0.222 e. The second kappa shape index (κ2) is 10.0. The van der Waals surface area contributed by atoms with Gasteiger partial charge in [0.15, 0.2) is 5.96 Å². The van der Waals surface area contributed by atoms with E-state index in [2.05, 4.69) is 27.8 Å². The van der Waals surface area contributed by atoms with Crippen molar-refractivity contribution in [1.82, 2.24) is 15.5 Å². The first kappa shape index (κ1) is 19.2. The van der Waals surface area contributed by atoms with Gasteiger partial charge in [-0.1, -0.05) is 37.3 Å². The smallest absolute Gasteiger partial charge is 0.222 e. The lowest BCUT2D eigenvalue weighted by molar-refractivity contribution is -0.129. The van der Waals surface area contributed by atoms with E-state index in [1.54, 1.807) is 7.11 Å². The van der Waals surface area contributed by atoms with Gasteiger partial charge in [0.05, 0.1) is 6.54 Å². The van der Waals surface area contributed by atoms with Gasteiger partial charge in [-0.3, -0.25) is 9.79 Å². The molecule has 0 aromatic heterocycles. The van der Waals surface area contributed by atoms with Crippen molar-refractivity contribution >= 4 is 11.9 Å². The van der Waals surface area contributed by atoms with Crippen LogP contribution in [0.5, 0.6) is 0 Å². The SMILES string of the molecule is CCNC(=NCC(OC)c1ccccc1)NC1CCN(C(=O)CC)C1. The summed E-state index contributed by atoms with van der Waals surface area (Å²) >= 11 is 0. The second-order valence-electron chi connectivity index (χ2n) is 6.18. The minimum Gasteiger partial charge on any atom is -0.375 e. The van der Waals surface area contributed by atoms with Crippen molar-refractivity contribution in [3.8, 4) is 0 Å². The Balaban J connectivity index is 1.95. The molecule has 1 amide bonds. The summed E-state index contributed by atoms with van der Waals surface area (Å²) in [4.78, 5) is 18.4. The highest BCUT2D eigenvalue weighted by molar-refractivity contribution is 5.80. The van der Waals surface area contributed by atoms with Crippen LogP contribution in [0.3, 0.4) is 0 Å². The third kappa shape index (κ3) is 5.74. The summed E-state index contributed by atoms with van der Waals surface area (Å²) in [6, 6.07) is 10.4. The molecule has 2 N–H and O–H groups in total. The number of carbonyl (C=O) groups is 1. The van der Waals surface area contributed by atoms with Crippen molar-refractivity contribution in [2.24, 2.45) is 4.99 Å². The molecular formula is C19H30N4O2. The molecule has 1 aliphatic rings. The lowest BCUT2D eigenvalue weighted by Crippen LogP contribution is -2.45. The number of rotatable bonds is 7. The molecule has 1 aliphatic heterocycles. The number of hydrogen-bond donors (Lipinski definition) is 2. The molecule has 138 valence electrons. The molecule has 6 heteroatoms. The average Bonchev–Trinajstić information content (AvgIpc) is 3.11. The molecule has 0 aliphatic carbocycles. The fourth-order valence-corrected chi connectivity index (χ4v) is 3.00. The molecule has 1 aromatic rings. The van der Waals surface area contributed by atoms with E-state index in [0.29, 0.717) is 13.0 Å². The van der Waals surface area contributed by atoms with E-state index in [0.717, 1.165) is 37.6 Å². The first-order valence-corrected chi connectivity index (χ1v) is 9.08. The fourth-order valence-electron chi connectivity index (χ4n) is 3.00. The van der Waals surface area contributed by atoms with Crippen LogP contribution in [0.2, 0.25) is 0 Å². The van der Waals surface area contributed by atoms with Crippen LogP contribution in [0.25, 0.3) is 0 Å². The molecule has 0 radical (unpaired) electrons. The first-order valence-electron chi connectivity index (χ1n) is 9.08. The maximum atomic E-state index is 11.8. The van der Waals surface area contributed by atoms with Crippen LogP contribution in [0.4, 0.5) is 0 Å². The monoisotopic (exact) mass is 346 g/mol. The van der Waals surface area contributed by atoms with Gasteiger partial charge in [-0.05, 0) is 18.9 Å². The van der Waals surface area contributed by atoms with Gasteiger partial charge in [0.1, 0.15) is 6.10 Å². The van der Waals surface area contributed by atoms with E-state index in [9.17, 15) is 4.79 Å². The van der Waals surface area contributed by atoms with Gasteiger partial charge in [-0.25, -0.2) is 0 Å². The van der Waals surface area contributed by atoms with Crippen LogP contribution in [0, 0.1) is 0 Å². The molecule has 1 saturated heterocycles. The van der Waals surface area contributed by atoms with Crippen molar-refractivity contribution in [3.63, 3.8) is 0 Å². The normalized spacial score (nSPS) is 18.9. The number of nitrogens with one attached hydrogen (secondary N) is 2. The number of ether oxygens (including phenoxy) is 1. The van der Waals surface area contributed by atoms with Gasteiger partial charge < -0.3 is 20.3 Å². The Hall–Kier alpha value is -2.08. The predicted molar refractivity (Wildman–Crippen MR) is 101 cm³/mol. The van der Waals surface area contributed by atoms with E-state index in [4.69, 9.17) is 4.74 Å². The lowest BCUT2D eigenvalue weighted by Gasteiger charge is -2.20. The van der Waals surface area contributed by atoms with Gasteiger partial charge in [-0.15, -0.1) is 0 Å². The molecule has 2 unspecified atom stereocenters. The average molecular weight is 346 g/mol. The Morgan fingerprint density at radius 3 is 2.76 bits per heavy atom. The predicted octanol–water partition coefficient (Wildman–Crippen LogP) is 1.94. The number of aliphatic imine (C=N–C) groups is 1. The second-order valence-corrected chi connectivity index (χ2v) is 6.18. The topological polar surface area (TPSA) is 66.0 Å². The summed E-state index contributed by atoms with van der Waals surface area (Å²) in [5, 5.41) is 6.72. The summed E-state index contributed by atoms with van der Waals surface area (Å²) in [5.74, 6) is 0.992. The van der Waals surface area contributed by atoms with Crippen LogP contribution in [-0.2, 0) is 9.53 Å². The Bertz CT molecular complexity index is 562. The highest BCUT2D eigenvalue weighted by Gasteiger charge is 2.25. The van der Waals surface area contributed by atoms with Crippen LogP contribution < -0.4 is 10.6 Å². The van der Waals surface area contributed by atoms with Gasteiger partial charge >= 0.3 is 0 Å². The Kier molecular flexibility index (Phi) is 7.73.